The molecular weight excluding hydrogens is 430 g/mol. The zero-order valence-electron chi connectivity index (χ0n) is 16.5. The highest BCUT2D eigenvalue weighted by atomic mass is 35.5. The molecule has 10 heteroatoms. The number of nitrogens with zero attached hydrogens (tertiary/aromatic N) is 3. The first kappa shape index (κ1) is 21.3. The molecule has 0 bridgehead atoms. The van der Waals surface area contributed by atoms with Crippen LogP contribution < -0.4 is 0 Å². The molecule has 2 aliphatic heterocycles. The molecule has 1 aromatic carbocycles. The third-order valence-corrected chi connectivity index (χ3v) is 8.52. The lowest BCUT2D eigenvalue weighted by Gasteiger charge is -2.46. The smallest absolute Gasteiger partial charge is 0.404 e. The Bertz CT molecular complexity index is 1000. The van der Waals surface area contributed by atoms with Gasteiger partial charge < -0.3 is 4.42 Å². The first-order chi connectivity index (χ1) is 14.3. The Morgan fingerprint density at radius 2 is 1.60 bits per heavy atom. The second-order valence-electron chi connectivity index (χ2n) is 8.13. The van der Waals surface area contributed by atoms with Crippen LogP contribution in [0.15, 0.2) is 45.7 Å². The van der Waals surface area contributed by atoms with E-state index in [-0.39, 0.29) is 16.2 Å². The minimum absolute atomic E-state index is 0.164. The lowest BCUT2D eigenvalue weighted by molar-refractivity contribution is -0.402. The Balaban J connectivity index is 1.32. The van der Waals surface area contributed by atoms with Gasteiger partial charge in [0.1, 0.15) is 10.7 Å². The van der Waals surface area contributed by atoms with Crippen molar-refractivity contribution in [3.8, 4) is 0 Å². The molecule has 0 unspecified atom stereocenters. The lowest BCUT2D eigenvalue weighted by Crippen LogP contribution is -2.48. The van der Waals surface area contributed by atoms with E-state index < -0.39 is 14.9 Å². The first-order valence-electron chi connectivity index (χ1n) is 9.99. The molecule has 0 amide bonds. The number of rotatable bonds is 5. The Morgan fingerprint density at radius 3 is 2.17 bits per heavy atom. The van der Waals surface area contributed by atoms with E-state index in [0.717, 1.165) is 38.8 Å². The first-order valence-corrected chi connectivity index (χ1v) is 11.8. The lowest BCUT2D eigenvalue weighted by atomic mass is 9.71. The summed E-state index contributed by atoms with van der Waals surface area (Å²) < 4.78 is 32.6. The molecule has 4 rings (SSSR count). The molecule has 0 atom stereocenters. The Morgan fingerprint density at radius 1 is 1.00 bits per heavy atom. The molecule has 162 valence electrons. The van der Waals surface area contributed by atoms with Crippen molar-refractivity contribution in [3.05, 3.63) is 57.3 Å². The number of furan rings is 1. The van der Waals surface area contributed by atoms with Gasteiger partial charge in [-0.3, -0.25) is 15.0 Å². The SMILES string of the molecule is O=[N+]([O-])c1ccc(CN2CCC3(CC2)CCN(S(=O)(=O)c2ccc(Cl)cc2)CC3)o1. The van der Waals surface area contributed by atoms with Crippen molar-refractivity contribution in [2.75, 3.05) is 26.2 Å². The number of hydrogen-bond acceptors (Lipinski definition) is 6. The Hall–Kier alpha value is -1.94. The van der Waals surface area contributed by atoms with Crippen molar-refractivity contribution in [2.24, 2.45) is 5.41 Å². The standard InChI is InChI=1S/C20H24ClN3O5S/c21-16-1-4-18(5-2-16)30(27,28)23-13-9-20(10-14-23)7-11-22(12-8-20)15-17-3-6-19(29-17)24(25)26/h1-6H,7-15H2. The van der Waals surface area contributed by atoms with Crippen LogP contribution in [0.1, 0.15) is 31.4 Å². The van der Waals surface area contributed by atoms with Gasteiger partial charge >= 0.3 is 5.88 Å². The minimum Gasteiger partial charge on any atom is -0.404 e. The summed E-state index contributed by atoms with van der Waals surface area (Å²) in [5.74, 6) is 0.370. The van der Waals surface area contributed by atoms with Gasteiger partial charge in [0.05, 0.1) is 17.5 Å². The van der Waals surface area contributed by atoms with Gasteiger partial charge in [0.25, 0.3) is 0 Å². The number of halogens is 1. The van der Waals surface area contributed by atoms with Crippen LogP contribution in [0.25, 0.3) is 0 Å². The topological polar surface area (TPSA) is 96.9 Å². The van der Waals surface area contributed by atoms with Crippen molar-refractivity contribution in [1.29, 1.82) is 0 Å². The summed E-state index contributed by atoms with van der Waals surface area (Å²) in [6, 6.07) is 9.35. The van der Waals surface area contributed by atoms with Gasteiger partial charge in [-0.2, -0.15) is 4.31 Å². The normalized spacial score (nSPS) is 20.4. The predicted octanol–water partition coefficient (Wildman–Crippen LogP) is 3.91. The second kappa shape index (κ2) is 8.30. The highest BCUT2D eigenvalue weighted by molar-refractivity contribution is 7.89. The Labute approximate surface area is 180 Å². The van der Waals surface area contributed by atoms with Gasteiger partial charge in [-0.25, -0.2) is 8.42 Å². The fourth-order valence-corrected chi connectivity index (χ4v) is 5.98. The molecule has 1 aromatic heterocycles. The van der Waals surface area contributed by atoms with Crippen molar-refractivity contribution < 1.29 is 17.8 Å². The van der Waals surface area contributed by atoms with Gasteiger partial charge in [0.15, 0.2) is 0 Å². The van der Waals surface area contributed by atoms with Gasteiger partial charge in [-0.05, 0) is 74.5 Å². The van der Waals surface area contributed by atoms with E-state index in [1.807, 2.05) is 0 Å². The molecule has 0 aliphatic carbocycles. The van der Waals surface area contributed by atoms with Crippen LogP contribution in [0.3, 0.4) is 0 Å². The molecule has 2 fully saturated rings. The molecule has 0 radical (unpaired) electrons. The third kappa shape index (κ3) is 4.39. The van der Waals surface area contributed by atoms with E-state index in [4.69, 9.17) is 16.0 Å². The molecule has 0 saturated carbocycles. The van der Waals surface area contributed by atoms with Crippen LogP contribution in [0, 0.1) is 15.5 Å². The maximum absolute atomic E-state index is 12.9. The summed E-state index contributed by atoms with van der Waals surface area (Å²) in [6.45, 7) is 3.35. The number of benzene rings is 1. The van der Waals surface area contributed by atoms with Crippen LogP contribution >= 0.6 is 11.6 Å². The zero-order chi connectivity index (χ0) is 21.4. The highest BCUT2D eigenvalue weighted by Gasteiger charge is 2.40. The summed E-state index contributed by atoms with van der Waals surface area (Å²) in [5.41, 5.74) is 0.164. The minimum atomic E-state index is -3.49. The van der Waals surface area contributed by atoms with Gasteiger partial charge in [-0.1, -0.05) is 11.6 Å². The van der Waals surface area contributed by atoms with E-state index in [1.165, 1.54) is 6.07 Å². The van der Waals surface area contributed by atoms with Gasteiger partial charge in [0.2, 0.25) is 10.0 Å². The number of piperidine rings is 2. The fourth-order valence-electron chi connectivity index (χ4n) is 4.41. The molecule has 8 nitrogen and oxygen atoms in total. The molecular formula is C20H24ClN3O5S. The molecule has 2 aliphatic rings. The number of sulfonamides is 1. The van der Waals surface area contributed by atoms with E-state index in [0.29, 0.717) is 30.4 Å². The van der Waals surface area contributed by atoms with Crippen LogP contribution in [0.2, 0.25) is 5.02 Å². The van der Waals surface area contributed by atoms with Crippen molar-refractivity contribution in [3.63, 3.8) is 0 Å². The number of hydrogen-bond donors (Lipinski definition) is 0. The molecule has 1 spiro atoms. The zero-order valence-corrected chi connectivity index (χ0v) is 18.1. The van der Waals surface area contributed by atoms with Crippen LogP contribution in [0.4, 0.5) is 5.88 Å². The van der Waals surface area contributed by atoms with Crippen molar-refractivity contribution in [2.45, 2.75) is 37.1 Å². The van der Waals surface area contributed by atoms with Crippen LogP contribution in [0.5, 0.6) is 0 Å². The van der Waals surface area contributed by atoms with E-state index >= 15 is 0 Å². The maximum atomic E-state index is 12.9. The summed E-state index contributed by atoms with van der Waals surface area (Å²) in [7, 11) is -3.49. The molecule has 2 saturated heterocycles. The van der Waals surface area contributed by atoms with E-state index in [2.05, 4.69) is 4.90 Å². The van der Waals surface area contributed by atoms with Crippen molar-refractivity contribution >= 4 is 27.5 Å². The predicted molar refractivity (Wildman–Crippen MR) is 112 cm³/mol. The average molecular weight is 454 g/mol. The van der Waals surface area contributed by atoms with Gasteiger partial charge in [0, 0.05) is 18.1 Å². The summed E-state index contributed by atoms with van der Waals surface area (Å²) in [6.07, 6.45) is 3.68. The average Bonchev–Trinajstić information content (AvgIpc) is 3.20. The van der Waals surface area contributed by atoms with Crippen molar-refractivity contribution in [1.82, 2.24) is 9.21 Å². The van der Waals surface area contributed by atoms with E-state index in [9.17, 15) is 18.5 Å². The largest absolute Gasteiger partial charge is 0.433 e. The quantitative estimate of drug-likeness (QED) is 0.503. The molecule has 2 aromatic rings. The van der Waals surface area contributed by atoms with E-state index in [1.54, 1.807) is 34.6 Å². The maximum Gasteiger partial charge on any atom is 0.433 e. The summed E-state index contributed by atoms with van der Waals surface area (Å²) in [4.78, 5) is 12.8. The third-order valence-electron chi connectivity index (χ3n) is 6.36. The molecule has 0 N–H and O–H groups in total. The monoisotopic (exact) mass is 453 g/mol. The fraction of sp³-hybridized carbons (Fsp3) is 0.500. The van der Waals surface area contributed by atoms with Crippen LogP contribution in [-0.4, -0.2) is 48.7 Å². The summed E-state index contributed by atoms with van der Waals surface area (Å²) >= 11 is 5.87. The molecule has 30 heavy (non-hydrogen) atoms. The number of nitro groups is 1. The summed E-state index contributed by atoms with van der Waals surface area (Å²) in [5, 5.41) is 11.3. The Kier molecular flexibility index (Phi) is 5.89. The highest BCUT2D eigenvalue weighted by Crippen LogP contribution is 2.42. The number of likely N-dealkylation sites (tertiary alicyclic amines) is 1. The molecule has 3 heterocycles. The second-order valence-corrected chi connectivity index (χ2v) is 10.5. The van der Waals surface area contributed by atoms with Crippen LogP contribution in [-0.2, 0) is 16.6 Å². The van der Waals surface area contributed by atoms with Gasteiger partial charge in [-0.15, -0.1) is 0 Å².